The summed E-state index contributed by atoms with van der Waals surface area (Å²) in [6.45, 7) is 9.41. The first-order chi connectivity index (χ1) is 7.60. The van der Waals surface area contributed by atoms with Gasteiger partial charge in [-0.05, 0) is 30.0 Å². The van der Waals surface area contributed by atoms with Crippen molar-refractivity contribution in [1.29, 1.82) is 0 Å². The van der Waals surface area contributed by atoms with Crippen LogP contribution in [0.25, 0.3) is 0 Å². The van der Waals surface area contributed by atoms with Gasteiger partial charge in [0, 0.05) is 0 Å². The SMILES string of the molecule is CC(C)C.CCCOc1ccc(CO)cc1. The maximum atomic E-state index is 8.76. The molecule has 0 fully saturated rings. The molecular weight excluding hydrogens is 200 g/mol. The highest BCUT2D eigenvalue weighted by Crippen LogP contribution is 2.11. The lowest BCUT2D eigenvalue weighted by Crippen LogP contribution is -1.94. The zero-order chi connectivity index (χ0) is 12.4. The van der Waals surface area contributed by atoms with E-state index in [0.717, 1.165) is 30.3 Å². The number of aliphatic hydroxyl groups excluding tert-OH is 1. The van der Waals surface area contributed by atoms with Crippen molar-refractivity contribution >= 4 is 0 Å². The molecule has 0 saturated heterocycles. The topological polar surface area (TPSA) is 29.5 Å². The molecule has 0 aliphatic rings. The lowest BCUT2D eigenvalue weighted by molar-refractivity contribution is 0.281. The van der Waals surface area contributed by atoms with Crippen molar-refractivity contribution in [3.05, 3.63) is 29.8 Å². The second kappa shape index (κ2) is 9.22. The van der Waals surface area contributed by atoms with Gasteiger partial charge >= 0.3 is 0 Å². The standard InChI is InChI=1S/C10H14O2.C4H10/c1-2-7-12-10-5-3-9(8-11)4-6-10;1-4(2)3/h3-6,11H,2,7-8H2,1H3;4H,1-3H3. The minimum atomic E-state index is 0.0913. The molecule has 0 aromatic heterocycles. The molecule has 1 aromatic carbocycles. The van der Waals surface area contributed by atoms with Gasteiger partial charge in [0.15, 0.2) is 0 Å². The number of hydrogen-bond acceptors (Lipinski definition) is 2. The molecule has 0 bridgehead atoms. The molecule has 0 atom stereocenters. The van der Waals surface area contributed by atoms with Crippen LogP contribution in [-0.4, -0.2) is 11.7 Å². The van der Waals surface area contributed by atoms with E-state index in [1.165, 1.54) is 0 Å². The third-order valence-electron chi connectivity index (χ3n) is 1.58. The Morgan fingerprint density at radius 2 is 1.62 bits per heavy atom. The molecule has 0 aliphatic heterocycles. The molecule has 0 saturated carbocycles. The van der Waals surface area contributed by atoms with Gasteiger partial charge < -0.3 is 9.84 Å². The summed E-state index contributed by atoms with van der Waals surface area (Å²) >= 11 is 0. The lowest BCUT2D eigenvalue weighted by atomic mass is 10.2. The number of aliphatic hydroxyl groups is 1. The van der Waals surface area contributed by atoms with Crippen molar-refractivity contribution in [3.8, 4) is 5.75 Å². The van der Waals surface area contributed by atoms with Gasteiger partial charge in [-0.3, -0.25) is 0 Å². The molecule has 0 heterocycles. The van der Waals surface area contributed by atoms with Crippen LogP contribution in [0, 0.1) is 5.92 Å². The van der Waals surface area contributed by atoms with Crippen LogP contribution in [0.3, 0.4) is 0 Å². The molecule has 1 aromatic rings. The van der Waals surface area contributed by atoms with Crippen LogP contribution in [0.15, 0.2) is 24.3 Å². The normalized spacial score (nSPS) is 9.62. The number of ether oxygens (including phenoxy) is 1. The van der Waals surface area contributed by atoms with E-state index in [9.17, 15) is 0 Å². The van der Waals surface area contributed by atoms with E-state index in [4.69, 9.17) is 9.84 Å². The Bertz CT molecular complexity index is 249. The van der Waals surface area contributed by atoms with Gasteiger partial charge in [-0.15, -0.1) is 0 Å². The summed E-state index contributed by atoms with van der Waals surface area (Å²) in [5.74, 6) is 1.70. The fourth-order valence-corrected chi connectivity index (χ4v) is 0.911. The molecule has 0 unspecified atom stereocenters. The molecule has 16 heavy (non-hydrogen) atoms. The van der Waals surface area contributed by atoms with Gasteiger partial charge in [0.25, 0.3) is 0 Å². The van der Waals surface area contributed by atoms with Crippen LogP contribution in [0.2, 0.25) is 0 Å². The van der Waals surface area contributed by atoms with Crippen LogP contribution in [0.1, 0.15) is 39.7 Å². The lowest BCUT2D eigenvalue weighted by Gasteiger charge is -2.04. The summed E-state index contributed by atoms with van der Waals surface area (Å²) in [4.78, 5) is 0. The van der Waals surface area contributed by atoms with Crippen molar-refractivity contribution in [2.24, 2.45) is 5.92 Å². The minimum Gasteiger partial charge on any atom is -0.494 e. The highest BCUT2D eigenvalue weighted by atomic mass is 16.5. The maximum Gasteiger partial charge on any atom is 0.119 e. The van der Waals surface area contributed by atoms with E-state index >= 15 is 0 Å². The molecule has 2 nitrogen and oxygen atoms in total. The van der Waals surface area contributed by atoms with Crippen molar-refractivity contribution in [1.82, 2.24) is 0 Å². The van der Waals surface area contributed by atoms with Crippen molar-refractivity contribution in [3.63, 3.8) is 0 Å². The third kappa shape index (κ3) is 8.30. The van der Waals surface area contributed by atoms with Gasteiger partial charge in [-0.25, -0.2) is 0 Å². The van der Waals surface area contributed by atoms with Crippen LogP contribution >= 0.6 is 0 Å². The Morgan fingerprint density at radius 3 is 2.00 bits per heavy atom. The predicted octanol–water partition coefficient (Wildman–Crippen LogP) is 3.63. The van der Waals surface area contributed by atoms with Gasteiger partial charge in [0.05, 0.1) is 13.2 Å². The molecule has 0 spiro atoms. The number of benzene rings is 1. The van der Waals surface area contributed by atoms with E-state index in [-0.39, 0.29) is 6.61 Å². The maximum absolute atomic E-state index is 8.76. The molecule has 92 valence electrons. The zero-order valence-electron chi connectivity index (χ0n) is 10.9. The minimum absolute atomic E-state index is 0.0913. The Kier molecular flexibility index (Phi) is 8.64. The number of rotatable bonds is 4. The monoisotopic (exact) mass is 224 g/mol. The van der Waals surface area contributed by atoms with Crippen molar-refractivity contribution in [2.75, 3.05) is 6.61 Å². The Morgan fingerprint density at radius 1 is 1.12 bits per heavy atom. The molecular formula is C14H24O2. The largest absolute Gasteiger partial charge is 0.494 e. The fourth-order valence-electron chi connectivity index (χ4n) is 0.911. The average Bonchev–Trinajstić information content (AvgIpc) is 2.26. The van der Waals surface area contributed by atoms with Crippen LogP contribution in [-0.2, 0) is 6.61 Å². The van der Waals surface area contributed by atoms with Crippen molar-refractivity contribution in [2.45, 2.75) is 40.7 Å². The van der Waals surface area contributed by atoms with E-state index in [0.29, 0.717) is 0 Å². The van der Waals surface area contributed by atoms with E-state index in [1.807, 2.05) is 24.3 Å². The first-order valence-corrected chi connectivity index (χ1v) is 5.92. The van der Waals surface area contributed by atoms with Gasteiger partial charge in [0.1, 0.15) is 5.75 Å². The summed E-state index contributed by atoms with van der Waals surface area (Å²) in [5.41, 5.74) is 0.916. The number of hydrogen-bond donors (Lipinski definition) is 1. The van der Waals surface area contributed by atoms with Crippen molar-refractivity contribution < 1.29 is 9.84 Å². The second-order valence-corrected chi connectivity index (χ2v) is 4.38. The van der Waals surface area contributed by atoms with Gasteiger partial charge in [-0.2, -0.15) is 0 Å². The molecule has 1 rings (SSSR count). The smallest absolute Gasteiger partial charge is 0.119 e. The first kappa shape index (κ1) is 15.0. The van der Waals surface area contributed by atoms with Gasteiger partial charge in [-0.1, -0.05) is 39.8 Å². The van der Waals surface area contributed by atoms with E-state index in [2.05, 4.69) is 27.7 Å². The zero-order valence-corrected chi connectivity index (χ0v) is 10.9. The summed E-state index contributed by atoms with van der Waals surface area (Å²) in [6.07, 6.45) is 1.02. The Hall–Kier alpha value is -1.02. The van der Waals surface area contributed by atoms with Crippen LogP contribution < -0.4 is 4.74 Å². The van der Waals surface area contributed by atoms with Crippen LogP contribution in [0.4, 0.5) is 0 Å². The summed E-state index contributed by atoms with van der Waals surface area (Å²) in [6, 6.07) is 7.48. The molecule has 0 amide bonds. The fraction of sp³-hybridized carbons (Fsp3) is 0.571. The molecule has 0 radical (unpaired) electrons. The molecule has 0 aliphatic carbocycles. The quantitative estimate of drug-likeness (QED) is 0.846. The first-order valence-electron chi connectivity index (χ1n) is 5.92. The summed E-state index contributed by atoms with van der Waals surface area (Å²) in [7, 11) is 0. The molecule has 1 N–H and O–H groups in total. The highest BCUT2D eigenvalue weighted by molar-refractivity contribution is 5.26. The average molecular weight is 224 g/mol. The Balaban J connectivity index is 0.000000487. The molecule has 2 heteroatoms. The second-order valence-electron chi connectivity index (χ2n) is 4.38. The predicted molar refractivity (Wildman–Crippen MR) is 68.7 cm³/mol. The Labute approximate surface area is 99.3 Å². The van der Waals surface area contributed by atoms with E-state index < -0.39 is 0 Å². The highest BCUT2D eigenvalue weighted by Gasteiger charge is 1.92. The van der Waals surface area contributed by atoms with Gasteiger partial charge in [0.2, 0.25) is 0 Å². The summed E-state index contributed by atoms with van der Waals surface area (Å²) in [5, 5.41) is 8.76. The van der Waals surface area contributed by atoms with Crippen LogP contribution in [0.5, 0.6) is 5.75 Å². The summed E-state index contributed by atoms with van der Waals surface area (Å²) < 4.78 is 5.37. The third-order valence-corrected chi connectivity index (χ3v) is 1.58. The van der Waals surface area contributed by atoms with E-state index in [1.54, 1.807) is 0 Å².